The minimum Gasteiger partial charge on any atom is -0.459 e. The van der Waals surface area contributed by atoms with Gasteiger partial charge in [-0.3, -0.25) is 0 Å². The molecule has 4 heteroatoms. The molecule has 0 amide bonds. The lowest BCUT2D eigenvalue weighted by molar-refractivity contribution is 0.495. The molecule has 2 heterocycles. The largest absolute Gasteiger partial charge is 0.459 e. The minimum atomic E-state index is -0.109. The molecule has 2 aromatic heterocycles. The Morgan fingerprint density at radius 2 is 2.16 bits per heavy atom. The van der Waals surface area contributed by atoms with Gasteiger partial charge in [0.15, 0.2) is 0 Å². The third kappa shape index (κ3) is 2.61. The highest BCUT2D eigenvalue weighted by atomic mass is 79.9. The average Bonchev–Trinajstić information content (AvgIpc) is 2.96. The van der Waals surface area contributed by atoms with E-state index >= 15 is 0 Å². The first-order valence-corrected chi connectivity index (χ1v) is 7.78. The molecule has 1 unspecified atom stereocenters. The summed E-state index contributed by atoms with van der Waals surface area (Å²) in [6, 6.07) is 10.2. The van der Waals surface area contributed by atoms with Gasteiger partial charge in [0.05, 0.1) is 6.04 Å². The Morgan fingerprint density at radius 3 is 2.89 bits per heavy atom. The van der Waals surface area contributed by atoms with E-state index in [-0.39, 0.29) is 6.04 Å². The van der Waals surface area contributed by atoms with E-state index in [9.17, 15) is 0 Å². The van der Waals surface area contributed by atoms with Crippen LogP contribution in [0.5, 0.6) is 0 Å². The van der Waals surface area contributed by atoms with Crippen LogP contribution in [0.1, 0.15) is 22.2 Å². The molecule has 0 bridgehead atoms. The molecular formula is C15H14BrNOS. The van der Waals surface area contributed by atoms with E-state index in [4.69, 9.17) is 10.2 Å². The zero-order chi connectivity index (χ0) is 13.4. The van der Waals surface area contributed by atoms with E-state index < -0.39 is 0 Å². The van der Waals surface area contributed by atoms with Crippen LogP contribution in [0.15, 0.2) is 44.6 Å². The summed E-state index contributed by atoms with van der Waals surface area (Å²) in [7, 11) is 0. The second kappa shape index (κ2) is 5.12. The first kappa shape index (κ1) is 12.9. The Labute approximate surface area is 124 Å². The van der Waals surface area contributed by atoms with E-state index in [1.54, 1.807) is 11.3 Å². The monoisotopic (exact) mass is 335 g/mol. The van der Waals surface area contributed by atoms with Gasteiger partial charge in [-0.25, -0.2) is 0 Å². The molecule has 2 N–H and O–H groups in total. The van der Waals surface area contributed by atoms with Gasteiger partial charge >= 0.3 is 0 Å². The van der Waals surface area contributed by atoms with E-state index in [0.29, 0.717) is 0 Å². The first-order valence-electron chi connectivity index (χ1n) is 6.11. The molecule has 3 aromatic rings. The molecule has 0 spiro atoms. The molecule has 0 saturated heterocycles. The number of hydrogen-bond acceptors (Lipinski definition) is 3. The van der Waals surface area contributed by atoms with E-state index in [0.717, 1.165) is 27.6 Å². The van der Waals surface area contributed by atoms with Crippen LogP contribution in [0.2, 0.25) is 0 Å². The number of furan rings is 1. The summed E-state index contributed by atoms with van der Waals surface area (Å²) in [6.07, 6.45) is 0.789. The first-order chi connectivity index (χ1) is 9.13. The number of nitrogens with two attached hydrogens (primary N) is 1. The smallest absolute Gasteiger partial charge is 0.134 e. The average molecular weight is 336 g/mol. The lowest BCUT2D eigenvalue weighted by atomic mass is 10.1. The van der Waals surface area contributed by atoms with Crippen LogP contribution in [0.4, 0.5) is 0 Å². The predicted molar refractivity (Wildman–Crippen MR) is 83.6 cm³/mol. The molecule has 1 atom stereocenters. The normalized spacial score (nSPS) is 13.0. The standard InChI is InChI=1S/C15H14BrNOS/c1-9-2-3-13-10(6-9)7-14(18-13)12(17)8-15-11(16)4-5-19-15/h2-7,12H,8,17H2,1H3. The highest BCUT2D eigenvalue weighted by molar-refractivity contribution is 9.10. The molecule has 0 radical (unpaired) electrons. The third-order valence-corrected chi connectivity index (χ3v) is 5.10. The number of rotatable bonds is 3. The summed E-state index contributed by atoms with van der Waals surface area (Å²) in [5.74, 6) is 0.848. The molecule has 0 aliphatic rings. The van der Waals surface area contributed by atoms with Crippen molar-refractivity contribution < 1.29 is 4.42 Å². The molecule has 98 valence electrons. The molecule has 1 aromatic carbocycles. The zero-order valence-electron chi connectivity index (χ0n) is 10.5. The van der Waals surface area contributed by atoms with Gasteiger partial charge in [0.2, 0.25) is 0 Å². The molecule has 2 nitrogen and oxygen atoms in total. The van der Waals surface area contributed by atoms with Crippen LogP contribution in [0.3, 0.4) is 0 Å². The molecule has 0 fully saturated rings. The number of benzene rings is 1. The molecule has 0 aliphatic heterocycles. The van der Waals surface area contributed by atoms with Gasteiger partial charge in [-0.2, -0.15) is 0 Å². The fraction of sp³-hybridized carbons (Fsp3) is 0.200. The quantitative estimate of drug-likeness (QED) is 0.746. The highest BCUT2D eigenvalue weighted by Crippen LogP contribution is 2.30. The van der Waals surface area contributed by atoms with Crippen LogP contribution >= 0.6 is 27.3 Å². The van der Waals surface area contributed by atoms with E-state index in [2.05, 4.69) is 52.5 Å². The van der Waals surface area contributed by atoms with Gasteiger partial charge in [-0.1, -0.05) is 11.6 Å². The van der Waals surface area contributed by atoms with Gasteiger partial charge in [0.1, 0.15) is 11.3 Å². The van der Waals surface area contributed by atoms with Crippen molar-refractivity contribution in [1.82, 2.24) is 0 Å². The lowest BCUT2D eigenvalue weighted by Gasteiger charge is -2.07. The minimum absolute atomic E-state index is 0.109. The topological polar surface area (TPSA) is 39.2 Å². The van der Waals surface area contributed by atoms with Crippen molar-refractivity contribution in [3.05, 3.63) is 56.4 Å². The summed E-state index contributed by atoms with van der Waals surface area (Å²) in [4.78, 5) is 1.25. The summed E-state index contributed by atoms with van der Waals surface area (Å²) >= 11 is 5.25. The van der Waals surface area contributed by atoms with Crippen LogP contribution in [-0.4, -0.2) is 0 Å². The Morgan fingerprint density at radius 1 is 1.32 bits per heavy atom. The van der Waals surface area contributed by atoms with Crippen molar-refractivity contribution in [1.29, 1.82) is 0 Å². The number of fused-ring (bicyclic) bond motifs is 1. The maximum absolute atomic E-state index is 6.25. The molecular weight excluding hydrogens is 322 g/mol. The van der Waals surface area contributed by atoms with Gasteiger partial charge in [-0.15, -0.1) is 11.3 Å². The van der Waals surface area contributed by atoms with Crippen LogP contribution < -0.4 is 5.73 Å². The third-order valence-electron chi connectivity index (χ3n) is 3.15. The second-order valence-corrected chi connectivity index (χ2v) is 6.55. The summed E-state index contributed by atoms with van der Waals surface area (Å²) in [6.45, 7) is 2.08. The molecule has 0 saturated carbocycles. The Bertz CT molecular complexity index is 716. The Kier molecular flexibility index (Phi) is 3.48. The summed E-state index contributed by atoms with van der Waals surface area (Å²) in [5.41, 5.74) is 8.38. The second-order valence-electron chi connectivity index (χ2n) is 4.69. The summed E-state index contributed by atoms with van der Waals surface area (Å²) < 4.78 is 6.96. The van der Waals surface area contributed by atoms with Gasteiger partial charge in [0.25, 0.3) is 0 Å². The van der Waals surface area contributed by atoms with Gasteiger partial charge in [0, 0.05) is 21.2 Å². The maximum atomic E-state index is 6.25. The SMILES string of the molecule is Cc1ccc2oc(C(N)Cc3sccc3Br)cc2c1. The predicted octanol–water partition coefficient (Wildman–Crippen LogP) is 4.81. The van der Waals surface area contributed by atoms with Crippen LogP contribution in [0, 0.1) is 6.92 Å². The number of halogens is 1. The van der Waals surface area contributed by atoms with E-state index in [1.807, 2.05) is 6.07 Å². The van der Waals surface area contributed by atoms with Gasteiger partial charge in [-0.05, 0) is 52.5 Å². The fourth-order valence-corrected chi connectivity index (χ4v) is 3.71. The number of thiophene rings is 1. The number of aryl methyl sites for hydroxylation is 1. The van der Waals surface area contributed by atoms with Crippen molar-refractivity contribution in [3.63, 3.8) is 0 Å². The van der Waals surface area contributed by atoms with Crippen molar-refractivity contribution in [2.75, 3.05) is 0 Å². The van der Waals surface area contributed by atoms with Crippen molar-refractivity contribution in [3.8, 4) is 0 Å². The number of hydrogen-bond donors (Lipinski definition) is 1. The zero-order valence-corrected chi connectivity index (χ0v) is 12.9. The fourth-order valence-electron chi connectivity index (χ4n) is 2.14. The van der Waals surface area contributed by atoms with Crippen molar-refractivity contribution >= 4 is 38.2 Å². The maximum Gasteiger partial charge on any atom is 0.134 e. The molecule has 3 rings (SSSR count). The van der Waals surface area contributed by atoms with E-state index in [1.165, 1.54) is 10.4 Å². The van der Waals surface area contributed by atoms with Crippen molar-refractivity contribution in [2.45, 2.75) is 19.4 Å². The Hall–Kier alpha value is -1.10. The van der Waals surface area contributed by atoms with Crippen molar-refractivity contribution in [2.24, 2.45) is 5.73 Å². The molecule has 0 aliphatic carbocycles. The van der Waals surface area contributed by atoms with Crippen LogP contribution in [-0.2, 0) is 6.42 Å². The molecule has 19 heavy (non-hydrogen) atoms. The van der Waals surface area contributed by atoms with Crippen LogP contribution in [0.25, 0.3) is 11.0 Å². The van der Waals surface area contributed by atoms with Gasteiger partial charge < -0.3 is 10.2 Å². The summed E-state index contributed by atoms with van der Waals surface area (Å²) in [5, 5.41) is 3.18. The lowest BCUT2D eigenvalue weighted by Crippen LogP contribution is -2.11. The highest BCUT2D eigenvalue weighted by Gasteiger charge is 2.15. The Balaban J connectivity index is 1.89.